The molecule has 1 fully saturated rings. The van der Waals surface area contributed by atoms with E-state index in [4.69, 9.17) is 16.3 Å². The Labute approximate surface area is 108 Å². The van der Waals surface area contributed by atoms with Crippen LogP contribution in [0.4, 0.5) is 5.69 Å². The van der Waals surface area contributed by atoms with Crippen molar-refractivity contribution in [1.29, 1.82) is 0 Å². The topological polar surface area (TPSA) is 38.7 Å². The van der Waals surface area contributed by atoms with E-state index < -0.39 is 0 Å². The number of esters is 1. The molecule has 2 rings (SSSR count). The number of nitrogens with zero attached hydrogens (tertiary/aromatic N) is 1. The third kappa shape index (κ3) is 2.87. The predicted molar refractivity (Wildman–Crippen MR) is 71.2 cm³/mol. The molecule has 0 aromatic heterocycles. The second kappa shape index (κ2) is 5.65. The van der Waals surface area contributed by atoms with Crippen molar-refractivity contribution >= 4 is 33.9 Å². The number of carbonyl (C=O) groups is 1. The van der Waals surface area contributed by atoms with Gasteiger partial charge in [-0.1, -0.05) is 28.4 Å². The van der Waals surface area contributed by atoms with Crippen molar-refractivity contribution in [3.05, 3.63) is 28.8 Å². The highest BCUT2D eigenvalue weighted by molar-refractivity contribution is 7.87. The van der Waals surface area contributed by atoms with E-state index >= 15 is 0 Å². The summed E-state index contributed by atoms with van der Waals surface area (Å²) in [7, 11) is 1.38. The quantitative estimate of drug-likeness (QED) is 0.774. The van der Waals surface area contributed by atoms with Gasteiger partial charge in [-0.05, 0) is 25.0 Å². The standard InChI is InChI=1S/C12H14ClNO2S/c1-16-12(15)9-5-4-6-10(13)11(9)14-17-7-2-3-8-17/h4-6H,2-3,7-8H2,1H3. The Morgan fingerprint density at radius 2 is 2.12 bits per heavy atom. The van der Waals surface area contributed by atoms with E-state index in [1.807, 2.05) is 0 Å². The van der Waals surface area contributed by atoms with Gasteiger partial charge >= 0.3 is 5.97 Å². The zero-order chi connectivity index (χ0) is 12.3. The van der Waals surface area contributed by atoms with Crippen LogP contribution in [0.15, 0.2) is 22.6 Å². The molecule has 5 heteroatoms. The molecule has 1 aliphatic heterocycles. The van der Waals surface area contributed by atoms with Crippen molar-refractivity contribution in [1.82, 2.24) is 0 Å². The van der Waals surface area contributed by atoms with Crippen LogP contribution in [0, 0.1) is 0 Å². The van der Waals surface area contributed by atoms with Crippen LogP contribution in [0.2, 0.25) is 5.02 Å². The second-order valence-corrected chi connectivity index (χ2v) is 6.13. The summed E-state index contributed by atoms with van der Waals surface area (Å²) in [4.78, 5) is 11.6. The van der Waals surface area contributed by atoms with Gasteiger partial charge in [0.25, 0.3) is 0 Å². The number of benzene rings is 1. The van der Waals surface area contributed by atoms with Crippen LogP contribution < -0.4 is 0 Å². The van der Waals surface area contributed by atoms with Crippen LogP contribution in [-0.2, 0) is 15.4 Å². The summed E-state index contributed by atoms with van der Waals surface area (Å²) >= 11 is 6.11. The number of methoxy groups -OCH3 is 1. The monoisotopic (exact) mass is 271 g/mol. The number of hydrogen-bond donors (Lipinski definition) is 0. The number of rotatable bonds is 2. The Hall–Kier alpha value is -0.870. The molecule has 92 valence electrons. The van der Waals surface area contributed by atoms with Crippen LogP contribution in [0.3, 0.4) is 0 Å². The minimum absolute atomic E-state index is 0.0154. The molecule has 1 aromatic rings. The van der Waals surface area contributed by atoms with Gasteiger partial charge in [0.15, 0.2) is 0 Å². The van der Waals surface area contributed by atoms with Crippen LogP contribution in [0.1, 0.15) is 23.2 Å². The fourth-order valence-corrected chi connectivity index (χ4v) is 3.93. The Kier molecular flexibility index (Phi) is 4.18. The van der Waals surface area contributed by atoms with Crippen LogP contribution in [0.5, 0.6) is 0 Å². The molecule has 0 bridgehead atoms. The fraction of sp³-hybridized carbons (Fsp3) is 0.417. The molecule has 0 spiro atoms. The van der Waals surface area contributed by atoms with Gasteiger partial charge in [-0.15, -0.1) is 0 Å². The third-order valence-corrected chi connectivity index (χ3v) is 4.89. The van der Waals surface area contributed by atoms with Gasteiger partial charge < -0.3 is 4.74 Å². The first kappa shape index (κ1) is 12.6. The maximum absolute atomic E-state index is 11.6. The molecule has 17 heavy (non-hydrogen) atoms. The highest BCUT2D eigenvalue weighted by Gasteiger charge is 2.16. The molecule has 1 aromatic carbocycles. The van der Waals surface area contributed by atoms with Gasteiger partial charge in [0.1, 0.15) is 5.69 Å². The summed E-state index contributed by atoms with van der Waals surface area (Å²) in [5, 5.41) is 0.521. The van der Waals surface area contributed by atoms with Crippen LogP contribution in [0.25, 0.3) is 0 Å². The minimum Gasteiger partial charge on any atom is -0.465 e. The molecular formula is C12H14ClNO2S. The highest BCUT2D eigenvalue weighted by atomic mass is 35.5. The van der Waals surface area contributed by atoms with E-state index in [-0.39, 0.29) is 16.7 Å². The van der Waals surface area contributed by atoms with Gasteiger partial charge in [-0.3, -0.25) is 0 Å². The van der Waals surface area contributed by atoms with E-state index in [1.54, 1.807) is 18.2 Å². The summed E-state index contributed by atoms with van der Waals surface area (Å²) in [6.07, 6.45) is 2.43. The Morgan fingerprint density at radius 3 is 2.76 bits per heavy atom. The number of carbonyl (C=O) groups excluding carboxylic acids is 1. The molecule has 3 nitrogen and oxygen atoms in total. The van der Waals surface area contributed by atoms with E-state index in [9.17, 15) is 4.79 Å². The molecule has 0 amide bonds. The SMILES string of the molecule is COC(=O)c1cccc(Cl)c1N=S1CCCC1. The average Bonchev–Trinajstić information content (AvgIpc) is 2.83. The zero-order valence-corrected chi connectivity index (χ0v) is 11.2. The van der Waals surface area contributed by atoms with Crippen LogP contribution in [-0.4, -0.2) is 24.6 Å². The summed E-state index contributed by atoms with van der Waals surface area (Å²) < 4.78 is 9.36. The predicted octanol–water partition coefficient (Wildman–Crippen LogP) is 3.35. The lowest BCUT2D eigenvalue weighted by Gasteiger charge is -2.06. The van der Waals surface area contributed by atoms with Gasteiger partial charge in [0, 0.05) is 11.5 Å². The summed E-state index contributed by atoms with van der Waals surface area (Å²) in [6.45, 7) is 0. The number of ether oxygens (including phenoxy) is 1. The second-order valence-electron chi connectivity index (χ2n) is 3.80. The molecule has 0 saturated carbocycles. The molecule has 0 unspecified atom stereocenters. The van der Waals surface area contributed by atoms with Crippen molar-refractivity contribution in [2.45, 2.75) is 12.8 Å². The first-order valence-electron chi connectivity index (χ1n) is 5.48. The molecule has 0 aliphatic carbocycles. The van der Waals surface area contributed by atoms with Crippen molar-refractivity contribution in [2.75, 3.05) is 18.6 Å². The molecular weight excluding hydrogens is 258 g/mol. The van der Waals surface area contributed by atoms with Gasteiger partial charge in [-0.2, -0.15) is 0 Å². The lowest BCUT2D eigenvalue weighted by atomic mass is 10.2. The highest BCUT2D eigenvalue weighted by Crippen LogP contribution is 2.31. The first-order valence-corrected chi connectivity index (χ1v) is 7.38. The largest absolute Gasteiger partial charge is 0.465 e. The van der Waals surface area contributed by atoms with Crippen molar-refractivity contribution < 1.29 is 9.53 Å². The van der Waals surface area contributed by atoms with Gasteiger partial charge in [0.2, 0.25) is 0 Å². The van der Waals surface area contributed by atoms with E-state index in [0.717, 1.165) is 11.5 Å². The molecule has 1 aliphatic rings. The summed E-state index contributed by atoms with van der Waals surface area (Å²) in [5.74, 6) is 1.83. The summed E-state index contributed by atoms with van der Waals surface area (Å²) in [5.41, 5.74) is 1.05. The van der Waals surface area contributed by atoms with E-state index in [2.05, 4.69) is 4.36 Å². The Morgan fingerprint density at radius 1 is 1.41 bits per heavy atom. The normalized spacial score (nSPS) is 15.9. The van der Waals surface area contributed by atoms with E-state index in [1.165, 1.54) is 20.0 Å². The number of hydrogen-bond acceptors (Lipinski definition) is 3. The lowest BCUT2D eigenvalue weighted by molar-refractivity contribution is 0.0602. The number of halogens is 1. The molecule has 0 radical (unpaired) electrons. The smallest absolute Gasteiger partial charge is 0.340 e. The summed E-state index contributed by atoms with van der Waals surface area (Å²) in [6, 6.07) is 5.20. The Balaban J connectivity index is 2.43. The van der Waals surface area contributed by atoms with Crippen LogP contribution >= 0.6 is 11.6 Å². The van der Waals surface area contributed by atoms with Crippen molar-refractivity contribution in [2.24, 2.45) is 4.36 Å². The maximum atomic E-state index is 11.6. The lowest BCUT2D eigenvalue weighted by Crippen LogP contribution is -2.02. The van der Waals surface area contributed by atoms with E-state index in [0.29, 0.717) is 16.3 Å². The minimum atomic E-state index is -0.381. The van der Waals surface area contributed by atoms with Crippen molar-refractivity contribution in [3.8, 4) is 0 Å². The molecule has 1 heterocycles. The van der Waals surface area contributed by atoms with Gasteiger partial charge in [0.05, 0.1) is 17.7 Å². The van der Waals surface area contributed by atoms with Crippen molar-refractivity contribution in [3.63, 3.8) is 0 Å². The molecule has 0 atom stereocenters. The Bertz CT molecular complexity index is 466. The fourth-order valence-electron chi connectivity index (χ4n) is 1.74. The average molecular weight is 272 g/mol. The maximum Gasteiger partial charge on any atom is 0.340 e. The molecule has 1 saturated heterocycles. The third-order valence-electron chi connectivity index (χ3n) is 2.62. The molecule has 0 N–H and O–H groups in total. The zero-order valence-electron chi connectivity index (χ0n) is 9.61. The van der Waals surface area contributed by atoms with Gasteiger partial charge in [-0.25, -0.2) is 9.16 Å². The first-order chi connectivity index (χ1) is 8.22.